The van der Waals surface area contributed by atoms with Crippen LogP contribution in [0.4, 0.5) is 5.13 Å². The summed E-state index contributed by atoms with van der Waals surface area (Å²) in [5, 5.41) is 11.9. The minimum Gasteiger partial charge on any atom is -0.469 e. The van der Waals surface area contributed by atoms with Crippen LogP contribution >= 0.6 is 27.3 Å². The molecule has 0 saturated heterocycles. The summed E-state index contributed by atoms with van der Waals surface area (Å²) in [6.07, 6.45) is 2.52. The van der Waals surface area contributed by atoms with E-state index in [0.29, 0.717) is 0 Å². The second kappa shape index (κ2) is 4.76. The molecule has 2 aromatic heterocycles. The Bertz CT molecular complexity index is 415. The fourth-order valence-electron chi connectivity index (χ4n) is 1.26. The molecule has 0 aromatic carbocycles. The highest BCUT2D eigenvalue weighted by Crippen LogP contribution is 2.21. The molecule has 15 heavy (non-hydrogen) atoms. The Kier molecular flexibility index (Phi) is 3.37. The lowest BCUT2D eigenvalue weighted by atomic mass is 10.2. The van der Waals surface area contributed by atoms with Crippen molar-refractivity contribution in [3.05, 3.63) is 28.1 Å². The minimum absolute atomic E-state index is 0.274. The van der Waals surface area contributed by atoms with Crippen molar-refractivity contribution in [3.63, 3.8) is 0 Å². The number of aromatic nitrogens is 2. The van der Waals surface area contributed by atoms with Crippen molar-refractivity contribution < 1.29 is 4.42 Å². The first-order chi connectivity index (χ1) is 7.24. The molecule has 0 radical (unpaired) electrons. The number of rotatable bonds is 4. The Morgan fingerprint density at radius 1 is 1.60 bits per heavy atom. The van der Waals surface area contributed by atoms with Crippen molar-refractivity contribution in [2.24, 2.45) is 0 Å². The predicted molar refractivity (Wildman–Crippen MR) is 63.1 cm³/mol. The zero-order valence-electron chi connectivity index (χ0n) is 8.11. The molecule has 6 heteroatoms. The lowest BCUT2D eigenvalue weighted by Gasteiger charge is -2.09. The van der Waals surface area contributed by atoms with Crippen molar-refractivity contribution in [2.75, 3.05) is 5.32 Å². The van der Waals surface area contributed by atoms with Crippen LogP contribution in [-0.4, -0.2) is 16.2 Å². The van der Waals surface area contributed by atoms with Gasteiger partial charge in [0.1, 0.15) is 5.76 Å². The second-order valence-electron chi connectivity index (χ2n) is 3.19. The molecule has 2 rings (SSSR count). The summed E-state index contributed by atoms with van der Waals surface area (Å²) in [6, 6.07) is 4.13. The lowest BCUT2D eigenvalue weighted by molar-refractivity contribution is 0.497. The number of furan rings is 1. The maximum atomic E-state index is 5.27. The maximum Gasteiger partial charge on any atom is 0.206 e. The Labute approximate surface area is 99.8 Å². The van der Waals surface area contributed by atoms with Crippen molar-refractivity contribution >= 4 is 32.4 Å². The third-order valence-corrected chi connectivity index (χ3v) is 3.14. The topological polar surface area (TPSA) is 51.0 Å². The molecule has 0 aliphatic rings. The van der Waals surface area contributed by atoms with Gasteiger partial charge < -0.3 is 9.73 Å². The van der Waals surface area contributed by atoms with Crippen molar-refractivity contribution in [3.8, 4) is 0 Å². The van der Waals surface area contributed by atoms with E-state index in [0.717, 1.165) is 21.2 Å². The minimum atomic E-state index is 0.274. The summed E-state index contributed by atoms with van der Waals surface area (Å²) in [7, 11) is 0. The molecule has 0 bridgehead atoms. The summed E-state index contributed by atoms with van der Waals surface area (Å²) in [5.41, 5.74) is 0. The van der Waals surface area contributed by atoms with Crippen LogP contribution in [0, 0.1) is 0 Å². The van der Waals surface area contributed by atoms with E-state index in [1.165, 1.54) is 11.3 Å². The van der Waals surface area contributed by atoms with Crippen molar-refractivity contribution in [1.82, 2.24) is 10.2 Å². The van der Waals surface area contributed by atoms with Crippen LogP contribution in [0.15, 0.2) is 26.7 Å². The summed E-state index contributed by atoms with van der Waals surface area (Å²) < 4.78 is 6.05. The maximum absolute atomic E-state index is 5.27. The first kappa shape index (κ1) is 10.6. The highest BCUT2D eigenvalue weighted by Gasteiger charge is 2.08. The van der Waals surface area contributed by atoms with E-state index in [4.69, 9.17) is 4.42 Å². The van der Waals surface area contributed by atoms with Crippen molar-refractivity contribution in [1.29, 1.82) is 0 Å². The van der Waals surface area contributed by atoms with E-state index in [2.05, 4.69) is 38.4 Å². The lowest BCUT2D eigenvalue weighted by Crippen LogP contribution is -2.17. The Balaban J connectivity index is 1.90. The molecule has 1 unspecified atom stereocenters. The van der Waals surface area contributed by atoms with Gasteiger partial charge in [-0.15, -0.1) is 10.2 Å². The molecule has 4 nitrogen and oxygen atoms in total. The zero-order chi connectivity index (χ0) is 10.7. The fourth-order valence-corrected chi connectivity index (χ4v) is 2.38. The second-order valence-corrected chi connectivity index (χ2v) is 5.44. The molecule has 0 fully saturated rings. The molecule has 1 N–H and O–H groups in total. The van der Waals surface area contributed by atoms with Crippen LogP contribution in [-0.2, 0) is 6.42 Å². The van der Waals surface area contributed by atoms with Gasteiger partial charge in [0.25, 0.3) is 0 Å². The van der Waals surface area contributed by atoms with Gasteiger partial charge >= 0.3 is 0 Å². The van der Waals surface area contributed by atoms with Crippen LogP contribution in [0.5, 0.6) is 0 Å². The third-order valence-electron chi connectivity index (χ3n) is 1.86. The summed E-state index contributed by atoms with van der Waals surface area (Å²) >= 11 is 4.75. The largest absolute Gasteiger partial charge is 0.469 e. The molecular weight excluding hydrogens is 278 g/mol. The predicted octanol–water partition coefficient (Wildman–Crippen LogP) is 2.94. The van der Waals surface area contributed by atoms with Gasteiger partial charge in [0.15, 0.2) is 3.92 Å². The van der Waals surface area contributed by atoms with Gasteiger partial charge in [-0.1, -0.05) is 11.3 Å². The molecule has 2 heterocycles. The Morgan fingerprint density at radius 2 is 2.47 bits per heavy atom. The van der Waals surface area contributed by atoms with Crippen LogP contribution in [0.3, 0.4) is 0 Å². The average molecular weight is 288 g/mol. The first-order valence-electron chi connectivity index (χ1n) is 4.52. The summed E-state index contributed by atoms with van der Waals surface area (Å²) in [4.78, 5) is 0. The highest BCUT2D eigenvalue weighted by atomic mass is 79.9. The molecule has 0 aliphatic carbocycles. The third kappa shape index (κ3) is 3.04. The van der Waals surface area contributed by atoms with Gasteiger partial charge in [-0.05, 0) is 35.0 Å². The number of hydrogen-bond donors (Lipinski definition) is 1. The molecule has 1 atom stereocenters. The van der Waals surface area contributed by atoms with Gasteiger partial charge in [0.05, 0.1) is 6.26 Å². The van der Waals surface area contributed by atoms with Crippen molar-refractivity contribution in [2.45, 2.75) is 19.4 Å². The number of nitrogens with zero attached hydrogens (tertiary/aromatic N) is 2. The van der Waals surface area contributed by atoms with Crippen LogP contribution in [0.1, 0.15) is 12.7 Å². The normalized spacial score (nSPS) is 12.7. The average Bonchev–Trinajstić information content (AvgIpc) is 2.77. The van der Waals surface area contributed by atoms with E-state index in [1.54, 1.807) is 6.26 Å². The monoisotopic (exact) mass is 287 g/mol. The van der Waals surface area contributed by atoms with Gasteiger partial charge in [-0.2, -0.15) is 0 Å². The number of halogens is 1. The van der Waals surface area contributed by atoms with Crippen LogP contribution < -0.4 is 5.32 Å². The van der Waals surface area contributed by atoms with E-state index < -0.39 is 0 Å². The molecule has 0 spiro atoms. The Hall–Kier alpha value is -0.880. The van der Waals surface area contributed by atoms with E-state index in [9.17, 15) is 0 Å². The van der Waals surface area contributed by atoms with E-state index in [-0.39, 0.29) is 6.04 Å². The van der Waals surface area contributed by atoms with Gasteiger partial charge in [0.2, 0.25) is 5.13 Å². The van der Waals surface area contributed by atoms with E-state index >= 15 is 0 Å². The Morgan fingerprint density at radius 3 is 3.07 bits per heavy atom. The van der Waals surface area contributed by atoms with Crippen LogP contribution in [0.25, 0.3) is 0 Å². The first-order valence-corrected chi connectivity index (χ1v) is 6.13. The molecular formula is C9H10BrN3OS. The number of nitrogens with one attached hydrogen (secondary N) is 1. The van der Waals surface area contributed by atoms with E-state index in [1.807, 2.05) is 12.1 Å². The van der Waals surface area contributed by atoms with Gasteiger partial charge in [0, 0.05) is 12.5 Å². The molecule has 2 aromatic rings. The van der Waals surface area contributed by atoms with Gasteiger partial charge in [-0.3, -0.25) is 0 Å². The highest BCUT2D eigenvalue weighted by molar-refractivity contribution is 9.11. The molecule has 80 valence electrons. The zero-order valence-corrected chi connectivity index (χ0v) is 10.5. The summed E-state index contributed by atoms with van der Waals surface area (Å²) in [5.74, 6) is 0.971. The smallest absolute Gasteiger partial charge is 0.206 e. The summed E-state index contributed by atoms with van der Waals surface area (Å²) in [6.45, 7) is 2.08. The standard InChI is InChI=1S/C9H10BrN3OS/c1-6(5-7-3-2-4-14-7)11-9-13-12-8(10)15-9/h2-4,6H,5H2,1H3,(H,11,13). The number of hydrogen-bond acceptors (Lipinski definition) is 5. The van der Waals surface area contributed by atoms with Gasteiger partial charge in [-0.25, -0.2) is 0 Å². The van der Waals surface area contributed by atoms with Crippen LogP contribution in [0.2, 0.25) is 0 Å². The molecule has 0 saturated carbocycles. The SMILES string of the molecule is CC(Cc1ccco1)Nc1nnc(Br)s1. The number of anilines is 1. The quantitative estimate of drug-likeness (QED) is 0.939. The molecule has 0 aliphatic heterocycles. The molecule has 0 amide bonds. The fraction of sp³-hybridized carbons (Fsp3) is 0.333.